The van der Waals surface area contributed by atoms with E-state index < -0.39 is 10.2 Å². The van der Waals surface area contributed by atoms with Crippen LogP contribution in [0.3, 0.4) is 0 Å². The number of benzene rings is 1. The molecule has 0 aliphatic carbocycles. The van der Waals surface area contributed by atoms with Crippen LogP contribution in [0.15, 0.2) is 18.2 Å². The number of hydrogen-bond acceptors (Lipinski definition) is 3. The first kappa shape index (κ1) is 14.9. The van der Waals surface area contributed by atoms with Crippen LogP contribution in [-0.2, 0) is 10.2 Å². The van der Waals surface area contributed by atoms with E-state index in [4.69, 9.17) is 5.11 Å². The lowest BCUT2D eigenvalue weighted by atomic mass is 10.1. The fourth-order valence-electron chi connectivity index (χ4n) is 1.67. The molecule has 2 N–H and O–H groups in total. The third kappa shape index (κ3) is 4.29. The SMILES string of the molecule is Cc1cc(C)cc(NS(=O)(=O)N(C)CCCO)c1. The van der Waals surface area contributed by atoms with E-state index in [2.05, 4.69) is 4.72 Å². The summed E-state index contributed by atoms with van der Waals surface area (Å²) in [7, 11) is -2.06. The van der Waals surface area contributed by atoms with Gasteiger partial charge in [0.15, 0.2) is 0 Å². The van der Waals surface area contributed by atoms with Crippen LogP contribution < -0.4 is 4.72 Å². The van der Waals surface area contributed by atoms with Gasteiger partial charge in [0.1, 0.15) is 0 Å². The monoisotopic (exact) mass is 272 g/mol. The van der Waals surface area contributed by atoms with Crippen LogP contribution in [0.5, 0.6) is 0 Å². The van der Waals surface area contributed by atoms with E-state index in [1.54, 1.807) is 12.1 Å². The molecule has 0 atom stereocenters. The zero-order chi connectivity index (χ0) is 13.8. The molecule has 0 aromatic heterocycles. The van der Waals surface area contributed by atoms with E-state index in [1.807, 2.05) is 19.9 Å². The van der Waals surface area contributed by atoms with Gasteiger partial charge in [-0.1, -0.05) is 6.07 Å². The van der Waals surface area contributed by atoms with Crippen molar-refractivity contribution in [2.24, 2.45) is 0 Å². The molecular weight excluding hydrogens is 252 g/mol. The fraction of sp³-hybridized carbons (Fsp3) is 0.500. The first-order valence-electron chi connectivity index (χ1n) is 5.78. The molecule has 0 saturated carbocycles. The minimum Gasteiger partial charge on any atom is -0.396 e. The van der Waals surface area contributed by atoms with E-state index in [0.29, 0.717) is 12.1 Å². The van der Waals surface area contributed by atoms with Gasteiger partial charge >= 0.3 is 10.2 Å². The molecule has 1 aromatic rings. The molecule has 18 heavy (non-hydrogen) atoms. The van der Waals surface area contributed by atoms with Gasteiger partial charge in [0.25, 0.3) is 0 Å². The van der Waals surface area contributed by atoms with Crippen LogP contribution in [0, 0.1) is 13.8 Å². The summed E-state index contributed by atoms with van der Waals surface area (Å²) in [5.74, 6) is 0. The van der Waals surface area contributed by atoms with Crippen LogP contribution in [0.4, 0.5) is 5.69 Å². The predicted octanol–water partition coefficient (Wildman–Crippen LogP) is 1.27. The van der Waals surface area contributed by atoms with Crippen LogP contribution in [0.25, 0.3) is 0 Å². The Kier molecular flexibility index (Phi) is 5.13. The number of hydrogen-bond donors (Lipinski definition) is 2. The number of nitrogens with one attached hydrogen (secondary N) is 1. The van der Waals surface area contributed by atoms with Crippen molar-refractivity contribution >= 4 is 15.9 Å². The number of anilines is 1. The highest BCUT2D eigenvalue weighted by atomic mass is 32.2. The minimum absolute atomic E-state index is 0.0244. The third-order valence-corrected chi connectivity index (χ3v) is 4.01. The van der Waals surface area contributed by atoms with Gasteiger partial charge in [0.05, 0.1) is 5.69 Å². The van der Waals surface area contributed by atoms with Crippen molar-refractivity contribution in [2.75, 3.05) is 24.9 Å². The zero-order valence-corrected chi connectivity index (χ0v) is 11.8. The average molecular weight is 272 g/mol. The van der Waals surface area contributed by atoms with E-state index >= 15 is 0 Å². The molecule has 0 heterocycles. The van der Waals surface area contributed by atoms with E-state index in [-0.39, 0.29) is 13.2 Å². The van der Waals surface area contributed by atoms with Gasteiger partial charge in [-0.25, -0.2) is 0 Å². The maximum absolute atomic E-state index is 12.0. The van der Waals surface area contributed by atoms with Crippen LogP contribution in [-0.4, -0.2) is 38.0 Å². The summed E-state index contributed by atoms with van der Waals surface area (Å²) >= 11 is 0. The molecule has 0 saturated heterocycles. The first-order valence-corrected chi connectivity index (χ1v) is 7.22. The Bertz CT molecular complexity index is 480. The van der Waals surface area contributed by atoms with E-state index in [0.717, 1.165) is 11.1 Å². The molecule has 0 aliphatic rings. The van der Waals surface area contributed by atoms with E-state index in [9.17, 15) is 8.42 Å². The Balaban J connectivity index is 2.81. The Morgan fingerprint density at radius 2 is 1.78 bits per heavy atom. The summed E-state index contributed by atoms with van der Waals surface area (Å²) in [4.78, 5) is 0. The van der Waals surface area contributed by atoms with Gasteiger partial charge in [-0.3, -0.25) is 4.72 Å². The van der Waals surface area contributed by atoms with Crippen molar-refractivity contribution in [3.8, 4) is 0 Å². The quantitative estimate of drug-likeness (QED) is 0.819. The first-order chi connectivity index (χ1) is 8.35. The maximum atomic E-state index is 12.0. The standard InChI is InChI=1S/C12H20N2O3S/c1-10-7-11(2)9-12(8-10)13-18(16,17)14(3)5-4-6-15/h7-9,13,15H,4-6H2,1-3H3. The molecule has 0 radical (unpaired) electrons. The maximum Gasteiger partial charge on any atom is 0.301 e. The van der Waals surface area contributed by atoms with Gasteiger partial charge < -0.3 is 5.11 Å². The molecule has 0 fully saturated rings. The summed E-state index contributed by atoms with van der Waals surface area (Å²) in [5.41, 5.74) is 2.57. The summed E-state index contributed by atoms with van der Waals surface area (Å²) in [5, 5.41) is 8.70. The van der Waals surface area contributed by atoms with Crippen molar-refractivity contribution in [3.63, 3.8) is 0 Å². The van der Waals surface area contributed by atoms with Crippen molar-refractivity contribution in [3.05, 3.63) is 29.3 Å². The molecule has 0 amide bonds. The van der Waals surface area contributed by atoms with Crippen LogP contribution in [0.1, 0.15) is 17.5 Å². The van der Waals surface area contributed by atoms with Gasteiger partial charge in [-0.15, -0.1) is 0 Å². The second-order valence-electron chi connectivity index (χ2n) is 4.38. The zero-order valence-electron chi connectivity index (χ0n) is 11.0. The molecule has 0 aliphatic heterocycles. The molecule has 1 aromatic carbocycles. The van der Waals surface area contributed by atoms with Crippen molar-refractivity contribution < 1.29 is 13.5 Å². The van der Waals surface area contributed by atoms with Crippen molar-refractivity contribution in [1.82, 2.24) is 4.31 Å². The molecule has 102 valence electrons. The van der Waals surface area contributed by atoms with Gasteiger partial charge in [0.2, 0.25) is 0 Å². The van der Waals surface area contributed by atoms with E-state index in [1.165, 1.54) is 11.4 Å². The number of aryl methyl sites for hydroxylation is 2. The summed E-state index contributed by atoms with van der Waals surface area (Å²) in [6, 6.07) is 5.54. The summed E-state index contributed by atoms with van der Waals surface area (Å²) in [6.07, 6.45) is 0.421. The second-order valence-corrected chi connectivity index (χ2v) is 6.16. The topological polar surface area (TPSA) is 69.6 Å². The third-order valence-electron chi connectivity index (χ3n) is 2.51. The highest BCUT2D eigenvalue weighted by Crippen LogP contribution is 2.16. The largest absolute Gasteiger partial charge is 0.396 e. The average Bonchev–Trinajstić information content (AvgIpc) is 2.23. The smallest absolute Gasteiger partial charge is 0.301 e. The Hall–Kier alpha value is -1.11. The minimum atomic E-state index is -3.55. The summed E-state index contributed by atoms with van der Waals surface area (Å²) in [6.45, 7) is 4.10. The number of nitrogens with zero attached hydrogens (tertiary/aromatic N) is 1. The van der Waals surface area contributed by atoms with Gasteiger partial charge in [-0.2, -0.15) is 12.7 Å². The number of rotatable bonds is 6. The molecule has 6 heteroatoms. The lowest BCUT2D eigenvalue weighted by Crippen LogP contribution is -2.33. The van der Waals surface area contributed by atoms with Gasteiger partial charge in [-0.05, 0) is 43.5 Å². The Morgan fingerprint density at radius 1 is 1.22 bits per heavy atom. The van der Waals surface area contributed by atoms with Crippen molar-refractivity contribution in [1.29, 1.82) is 0 Å². The molecule has 0 unspecified atom stereocenters. The highest BCUT2D eigenvalue weighted by molar-refractivity contribution is 7.90. The van der Waals surface area contributed by atoms with Gasteiger partial charge in [0, 0.05) is 20.2 Å². The Morgan fingerprint density at radius 3 is 2.28 bits per heavy atom. The number of aliphatic hydroxyl groups excluding tert-OH is 1. The number of aliphatic hydroxyl groups is 1. The lowest BCUT2D eigenvalue weighted by Gasteiger charge is -2.18. The molecule has 5 nitrogen and oxygen atoms in total. The second kappa shape index (κ2) is 6.17. The normalized spacial score (nSPS) is 11.8. The van der Waals surface area contributed by atoms with Crippen molar-refractivity contribution in [2.45, 2.75) is 20.3 Å². The van der Waals surface area contributed by atoms with Crippen LogP contribution >= 0.6 is 0 Å². The molecular formula is C12H20N2O3S. The summed E-state index contributed by atoms with van der Waals surface area (Å²) < 4.78 is 27.6. The lowest BCUT2D eigenvalue weighted by molar-refractivity contribution is 0.276. The fourth-order valence-corrected chi connectivity index (χ4v) is 2.62. The highest BCUT2D eigenvalue weighted by Gasteiger charge is 2.16. The van der Waals surface area contributed by atoms with Crippen LogP contribution in [0.2, 0.25) is 0 Å². The Labute approximate surface area is 109 Å². The molecule has 0 spiro atoms. The predicted molar refractivity (Wildman–Crippen MR) is 72.8 cm³/mol. The molecule has 0 bridgehead atoms. The molecule has 1 rings (SSSR count).